The van der Waals surface area contributed by atoms with Crippen molar-refractivity contribution >= 4 is 27.9 Å². The Morgan fingerprint density at radius 3 is 2.57 bits per heavy atom. The second-order valence-corrected chi connectivity index (χ2v) is 7.57. The average molecular weight is 383 g/mol. The summed E-state index contributed by atoms with van der Waals surface area (Å²) in [5.41, 5.74) is 0.968. The van der Waals surface area contributed by atoms with Crippen molar-refractivity contribution in [1.82, 2.24) is 10.2 Å². The smallest absolute Gasteiger partial charge is 0.317 e. The zero-order valence-electron chi connectivity index (χ0n) is 13.5. The molecule has 1 fully saturated rings. The number of likely N-dealkylation sites (tertiary alicyclic amines) is 1. The Balaban J connectivity index is 1.88. The molecule has 23 heavy (non-hydrogen) atoms. The summed E-state index contributed by atoms with van der Waals surface area (Å²) in [5.74, 6) is -1.09. The van der Waals surface area contributed by atoms with Crippen LogP contribution in [0.1, 0.15) is 32.3 Å². The number of hydrogen-bond donors (Lipinski definition) is 2. The van der Waals surface area contributed by atoms with E-state index in [4.69, 9.17) is 5.11 Å². The lowest BCUT2D eigenvalue weighted by molar-refractivity contribution is -0.143. The number of urea groups is 1. The first-order valence-corrected chi connectivity index (χ1v) is 8.60. The summed E-state index contributed by atoms with van der Waals surface area (Å²) in [6.45, 7) is 5.71. The first-order valence-electron chi connectivity index (χ1n) is 7.81. The number of carbonyl (C=O) groups is 2. The van der Waals surface area contributed by atoms with Gasteiger partial charge >= 0.3 is 12.0 Å². The van der Waals surface area contributed by atoms with E-state index in [1.54, 1.807) is 4.90 Å². The van der Waals surface area contributed by atoms with Gasteiger partial charge in [-0.1, -0.05) is 41.9 Å². The van der Waals surface area contributed by atoms with Crippen LogP contribution in [0.4, 0.5) is 4.79 Å². The normalized spacial score (nSPS) is 16.2. The van der Waals surface area contributed by atoms with Crippen molar-refractivity contribution in [3.05, 3.63) is 34.3 Å². The molecule has 1 saturated heterocycles. The molecule has 0 aliphatic carbocycles. The highest BCUT2D eigenvalue weighted by molar-refractivity contribution is 9.10. The zero-order valence-corrected chi connectivity index (χ0v) is 15.1. The lowest BCUT2D eigenvalue weighted by atomic mass is 9.85. The fourth-order valence-electron chi connectivity index (χ4n) is 2.75. The summed E-state index contributed by atoms with van der Waals surface area (Å²) in [6.07, 6.45) is 1.05. The Morgan fingerprint density at radius 1 is 1.35 bits per heavy atom. The van der Waals surface area contributed by atoms with Gasteiger partial charge in [-0.2, -0.15) is 0 Å². The van der Waals surface area contributed by atoms with Crippen molar-refractivity contribution in [2.45, 2.75) is 32.1 Å². The van der Waals surface area contributed by atoms with Crippen molar-refractivity contribution in [3.8, 4) is 0 Å². The topological polar surface area (TPSA) is 69.6 Å². The van der Waals surface area contributed by atoms with E-state index in [0.717, 1.165) is 10.0 Å². The summed E-state index contributed by atoms with van der Waals surface area (Å²) < 4.78 is 1.02. The molecule has 1 aromatic carbocycles. The summed E-state index contributed by atoms with van der Waals surface area (Å²) in [7, 11) is 0. The van der Waals surface area contributed by atoms with Crippen LogP contribution in [0.2, 0.25) is 0 Å². The highest BCUT2D eigenvalue weighted by atomic mass is 79.9. The van der Waals surface area contributed by atoms with Crippen LogP contribution in [-0.2, 0) is 10.2 Å². The number of rotatable bonds is 4. The molecule has 6 heteroatoms. The molecule has 1 aromatic rings. The second kappa shape index (κ2) is 7.34. The van der Waals surface area contributed by atoms with Gasteiger partial charge in [-0.05, 0) is 30.5 Å². The summed E-state index contributed by atoms with van der Waals surface area (Å²) >= 11 is 3.47. The van der Waals surface area contributed by atoms with Gasteiger partial charge in [0.1, 0.15) is 0 Å². The van der Waals surface area contributed by atoms with Gasteiger partial charge in [-0.25, -0.2) is 4.79 Å². The number of carbonyl (C=O) groups excluding carboxylic acids is 1. The Morgan fingerprint density at radius 2 is 2.00 bits per heavy atom. The van der Waals surface area contributed by atoms with Gasteiger partial charge in [0.25, 0.3) is 0 Å². The van der Waals surface area contributed by atoms with E-state index in [-0.39, 0.29) is 17.4 Å². The van der Waals surface area contributed by atoms with Crippen LogP contribution in [0.25, 0.3) is 0 Å². The number of nitrogens with zero attached hydrogens (tertiary/aromatic N) is 1. The van der Waals surface area contributed by atoms with E-state index in [1.807, 2.05) is 12.1 Å². The fraction of sp³-hybridized carbons (Fsp3) is 0.529. The summed E-state index contributed by atoms with van der Waals surface area (Å²) in [5, 5.41) is 12.0. The van der Waals surface area contributed by atoms with Crippen molar-refractivity contribution in [2.75, 3.05) is 19.6 Å². The molecular formula is C17H23BrN2O3. The third-order valence-corrected chi connectivity index (χ3v) is 4.91. The number of carboxylic acids is 1. The molecule has 0 bridgehead atoms. The van der Waals surface area contributed by atoms with Crippen LogP contribution in [0, 0.1) is 5.92 Å². The van der Waals surface area contributed by atoms with Gasteiger partial charge in [-0.15, -0.1) is 0 Å². The van der Waals surface area contributed by atoms with Crippen LogP contribution in [-0.4, -0.2) is 41.6 Å². The monoisotopic (exact) mass is 382 g/mol. The largest absolute Gasteiger partial charge is 0.481 e. The number of nitrogens with one attached hydrogen (secondary N) is 1. The minimum absolute atomic E-state index is 0.114. The Kier molecular flexibility index (Phi) is 5.68. The quantitative estimate of drug-likeness (QED) is 0.839. The molecule has 1 aliphatic heterocycles. The lowest BCUT2D eigenvalue weighted by Crippen LogP contribution is -2.48. The van der Waals surface area contributed by atoms with Gasteiger partial charge in [-0.3, -0.25) is 4.79 Å². The minimum Gasteiger partial charge on any atom is -0.481 e. The third-order valence-electron chi connectivity index (χ3n) is 4.42. The number of halogens is 1. The van der Waals surface area contributed by atoms with Crippen LogP contribution in [0.15, 0.2) is 28.7 Å². The molecule has 0 unspecified atom stereocenters. The van der Waals surface area contributed by atoms with Crippen molar-refractivity contribution in [3.63, 3.8) is 0 Å². The molecule has 2 rings (SSSR count). The highest BCUT2D eigenvalue weighted by Gasteiger charge is 2.28. The molecule has 2 amide bonds. The first kappa shape index (κ1) is 17.8. The maximum Gasteiger partial charge on any atom is 0.317 e. The van der Waals surface area contributed by atoms with E-state index in [1.165, 1.54) is 0 Å². The van der Waals surface area contributed by atoms with Crippen molar-refractivity contribution in [2.24, 2.45) is 5.92 Å². The molecule has 0 spiro atoms. The van der Waals surface area contributed by atoms with Gasteiger partial charge in [0.15, 0.2) is 0 Å². The Bertz CT molecular complexity index is 581. The second-order valence-electron chi connectivity index (χ2n) is 6.65. The lowest BCUT2D eigenvalue weighted by Gasteiger charge is -2.32. The number of benzene rings is 1. The summed E-state index contributed by atoms with van der Waals surface area (Å²) in [6, 6.07) is 7.96. The van der Waals surface area contributed by atoms with Gasteiger partial charge in [0, 0.05) is 29.5 Å². The van der Waals surface area contributed by atoms with E-state index in [9.17, 15) is 9.59 Å². The fourth-order valence-corrected chi connectivity index (χ4v) is 3.15. The Hall–Kier alpha value is -1.56. The van der Waals surface area contributed by atoms with Crippen LogP contribution in [0.5, 0.6) is 0 Å². The predicted molar refractivity (Wildman–Crippen MR) is 92.5 cm³/mol. The first-order chi connectivity index (χ1) is 10.8. The van der Waals surface area contributed by atoms with E-state index < -0.39 is 5.97 Å². The Labute approximate surface area is 145 Å². The third kappa shape index (κ3) is 4.70. The van der Waals surface area contributed by atoms with Crippen molar-refractivity contribution < 1.29 is 14.7 Å². The van der Waals surface area contributed by atoms with Crippen LogP contribution >= 0.6 is 15.9 Å². The van der Waals surface area contributed by atoms with E-state index >= 15 is 0 Å². The molecule has 0 radical (unpaired) electrons. The van der Waals surface area contributed by atoms with Gasteiger partial charge in [0.2, 0.25) is 0 Å². The average Bonchev–Trinajstić information content (AvgIpc) is 2.53. The SMILES string of the molecule is CC(C)(CNC(=O)N1CCC(C(=O)O)CC1)c1cccc(Br)c1. The maximum absolute atomic E-state index is 12.3. The predicted octanol–water partition coefficient (Wildman–Crippen LogP) is 3.23. The minimum atomic E-state index is -0.763. The molecule has 0 aromatic heterocycles. The van der Waals surface area contributed by atoms with Crippen molar-refractivity contribution in [1.29, 1.82) is 0 Å². The van der Waals surface area contributed by atoms with E-state index in [2.05, 4.69) is 47.2 Å². The molecule has 5 nitrogen and oxygen atoms in total. The maximum atomic E-state index is 12.3. The number of piperidine rings is 1. The molecular weight excluding hydrogens is 360 g/mol. The summed E-state index contributed by atoms with van der Waals surface area (Å²) in [4.78, 5) is 24.9. The molecule has 1 heterocycles. The molecule has 126 valence electrons. The molecule has 0 atom stereocenters. The molecule has 0 saturated carbocycles. The zero-order chi connectivity index (χ0) is 17.0. The van der Waals surface area contributed by atoms with Gasteiger partial charge in [0.05, 0.1) is 5.92 Å². The standard InChI is InChI=1S/C17H23BrN2O3/c1-17(2,13-4-3-5-14(18)10-13)11-19-16(23)20-8-6-12(7-9-20)15(21)22/h3-5,10,12H,6-9,11H2,1-2H3,(H,19,23)(H,21,22). The molecule has 1 aliphatic rings. The number of hydrogen-bond acceptors (Lipinski definition) is 2. The van der Waals surface area contributed by atoms with Crippen LogP contribution in [0.3, 0.4) is 0 Å². The number of carboxylic acid groups (broad SMARTS) is 1. The highest BCUT2D eigenvalue weighted by Crippen LogP contribution is 2.25. The van der Waals surface area contributed by atoms with E-state index in [0.29, 0.717) is 32.5 Å². The molecule has 2 N–H and O–H groups in total. The van der Waals surface area contributed by atoms with Gasteiger partial charge < -0.3 is 15.3 Å². The number of amides is 2. The van der Waals surface area contributed by atoms with Crippen LogP contribution < -0.4 is 5.32 Å². The number of aliphatic carboxylic acids is 1.